The summed E-state index contributed by atoms with van der Waals surface area (Å²) in [7, 11) is 0. The van der Waals surface area contributed by atoms with Crippen LogP contribution >= 0.6 is 0 Å². The number of ether oxygens (including phenoxy) is 2. The van der Waals surface area contributed by atoms with E-state index in [1.54, 1.807) is 51.4 Å². The average Bonchev–Trinajstić information content (AvgIpc) is 2.55. The number of alkyl carbamates (subject to hydrolysis) is 1. The maximum atomic E-state index is 11.8. The zero-order chi connectivity index (χ0) is 18.3. The largest absolute Gasteiger partial charge is 0.444 e. The summed E-state index contributed by atoms with van der Waals surface area (Å²) in [6.07, 6.45) is 3.13. The van der Waals surface area contributed by atoms with Crippen LogP contribution in [-0.4, -0.2) is 39.4 Å². The van der Waals surface area contributed by atoms with Crippen LogP contribution in [0.15, 0.2) is 42.7 Å². The third kappa shape index (κ3) is 6.76. The molecule has 0 aliphatic heterocycles. The lowest BCUT2D eigenvalue weighted by Crippen LogP contribution is -2.42. The molecule has 1 amide bonds. The summed E-state index contributed by atoms with van der Waals surface area (Å²) in [4.78, 5) is 19.8. The van der Waals surface area contributed by atoms with Gasteiger partial charge in [0.05, 0.1) is 12.6 Å². The van der Waals surface area contributed by atoms with Gasteiger partial charge in [0.1, 0.15) is 11.4 Å². The van der Waals surface area contributed by atoms with Gasteiger partial charge in [-0.3, -0.25) is 0 Å². The fourth-order valence-electron chi connectivity index (χ4n) is 2.06. The normalized spacial score (nSPS) is 12.3. The summed E-state index contributed by atoms with van der Waals surface area (Å²) in [5, 5.41) is 12.1. The van der Waals surface area contributed by atoms with Crippen LogP contribution in [0.4, 0.5) is 4.79 Å². The molecule has 1 atom stereocenters. The van der Waals surface area contributed by atoms with E-state index in [-0.39, 0.29) is 12.6 Å². The Kier molecular flexibility index (Phi) is 6.30. The van der Waals surface area contributed by atoms with E-state index in [4.69, 9.17) is 9.47 Å². The number of carbonyl (C=O) groups excluding carboxylic acids is 1. The van der Waals surface area contributed by atoms with Crippen molar-refractivity contribution in [1.82, 2.24) is 15.3 Å². The number of rotatable bonds is 6. The van der Waals surface area contributed by atoms with Gasteiger partial charge >= 0.3 is 12.1 Å². The van der Waals surface area contributed by atoms with Gasteiger partial charge in [0.15, 0.2) is 0 Å². The monoisotopic (exact) mass is 345 g/mol. The third-order valence-corrected chi connectivity index (χ3v) is 3.10. The zero-order valence-corrected chi connectivity index (χ0v) is 14.6. The second-order valence-electron chi connectivity index (χ2n) is 6.51. The van der Waals surface area contributed by atoms with Crippen LogP contribution in [0.3, 0.4) is 0 Å². The molecule has 25 heavy (non-hydrogen) atoms. The third-order valence-electron chi connectivity index (χ3n) is 3.10. The number of nitrogens with one attached hydrogen (secondary N) is 1. The number of benzene rings is 1. The predicted octanol–water partition coefficient (Wildman–Crippen LogP) is 2.70. The molecule has 7 heteroatoms. The number of aliphatic hydroxyl groups excluding tert-OH is 1. The minimum Gasteiger partial charge on any atom is -0.444 e. The molecule has 0 aliphatic rings. The molecule has 0 unspecified atom stereocenters. The van der Waals surface area contributed by atoms with E-state index in [1.165, 1.54) is 0 Å². The molecule has 134 valence electrons. The van der Waals surface area contributed by atoms with Gasteiger partial charge in [0.25, 0.3) is 0 Å². The molecule has 0 fully saturated rings. The molecule has 0 saturated carbocycles. The van der Waals surface area contributed by atoms with Crippen LogP contribution in [0, 0.1) is 0 Å². The lowest BCUT2D eigenvalue weighted by molar-refractivity contribution is 0.0483. The summed E-state index contributed by atoms with van der Waals surface area (Å²) in [5.74, 6) is 0.607. The Labute approximate surface area is 147 Å². The van der Waals surface area contributed by atoms with E-state index >= 15 is 0 Å². The van der Waals surface area contributed by atoms with Crippen molar-refractivity contribution >= 4 is 6.09 Å². The molecule has 2 aromatic rings. The SMILES string of the molecule is CC(C)(C)OC(=O)N[C@H](CO)Cc1ccc(Oc2ncccn2)cc1. The van der Waals surface area contributed by atoms with E-state index in [0.29, 0.717) is 12.2 Å². The minimum atomic E-state index is -0.581. The summed E-state index contributed by atoms with van der Waals surface area (Å²) in [6.45, 7) is 5.18. The van der Waals surface area contributed by atoms with Crippen LogP contribution in [0.2, 0.25) is 0 Å². The highest BCUT2D eigenvalue weighted by Gasteiger charge is 2.19. The Bertz CT molecular complexity index is 669. The molecule has 1 aromatic heterocycles. The Morgan fingerprint density at radius 2 is 1.84 bits per heavy atom. The highest BCUT2D eigenvalue weighted by Crippen LogP contribution is 2.18. The Balaban J connectivity index is 1.91. The van der Waals surface area contributed by atoms with Crippen molar-refractivity contribution < 1.29 is 19.4 Å². The molecule has 7 nitrogen and oxygen atoms in total. The second kappa shape index (κ2) is 8.43. The first-order valence-electron chi connectivity index (χ1n) is 8.00. The van der Waals surface area contributed by atoms with Crippen molar-refractivity contribution in [1.29, 1.82) is 0 Å². The van der Waals surface area contributed by atoms with Crippen molar-refractivity contribution in [3.05, 3.63) is 48.3 Å². The molecular formula is C18H23N3O4. The zero-order valence-electron chi connectivity index (χ0n) is 14.6. The van der Waals surface area contributed by atoms with Crippen LogP contribution in [0.5, 0.6) is 11.8 Å². The maximum absolute atomic E-state index is 11.8. The first-order valence-corrected chi connectivity index (χ1v) is 8.00. The van der Waals surface area contributed by atoms with Gasteiger partial charge in [0, 0.05) is 12.4 Å². The predicted molar refractivity (Wildman–Crippen MR) is 92.5 cm³/mol. The van der Waals surface area contributed by atoms with Gasteiger partial charge in [-0.1, -0.05) is 12.1 Å². The second-order valence-corrected chi connectivity index (χ2v) is 6.51. The first-order chi connectivity index (χ1) is 11.9. The number of carbonyl (C=O) groups is 1. The smallest absolute Gasteiger partial charge is 0.407 e. The Morgan fingerprint density at radius 1 is 1.20 bits per heavy atom. The number of amides is 1. The van der Waals surface area contributed by atoms with Crippen LogP contribution in [0.1, 0.15) is 26.3 Å². The molecule has 1 aromatic carbocycles. The average molecular weight is 345 g/mol. The Hall–Kier alpha value is -2.67. The number of hydrogen-bond acceptors (Lipinski definition) is 6. The van der Waals surface area contributed by atoms with Crippen molar-refractivity contribution in [2.75, 3.05) is 6.61 Å². The van der Waals surface area contributed by atoms with Crippen molar-refractivity contribution in [2.45, 2.75) is 38.8 Å². The maximum Gasteiger partial charge on any atom is 0.407 e. The van der Waals surface area contributed by atoms with Gasteiger partial charge in [-0.25, -0.2) is 14.8 Å². The van der Waals surface area contributed by atoms with E-state index in [9.17, 15) is 9.90 Å². The van der Waals surface area contributed by atoms with Gasteiger partial charge in [-0.15, -0.1) is 0 Å². The molecule has 1 heterocycles. The summed E-state index contributed by atoms with van der Waals surface area (Å²) in [6, 6.07) is 8.84. The van der Waals surface area contributed by atoms with Crippen molar-refractivity contribution in [2.24, 2.45) is 0 Å². The molecular weight excluding hydrogens is 322 g/mol. The summed E-state index contributed by atoms with van der Waals surface area (Å²) >= 11 is 0. The van der Waals surface area contributed by atoms with Crippen LogP contribution in [0.25, 0.3) is 0 Å². The highest BCUT2D eigenvalue weighted by molar-refractivity contribution is 5.68. The number of hydrogen-bond donors (Lipinski definition) is 2. The minimum absolute atomic E-state index is 0.185. The van der Waals surface area contributed by atoms with Gasteiger partial charge in [0.2, 0.25) is 0 Å². The van der Waals surface area contributed by atoms with E-state index in [1.807, 2.05) is 12.1 Å². The highest BCUT2D eigenvalue weighted by atomic mass is 16.6. The lowest BCUT2D eigenvalue weighted by atomic mass is 10.1. The van der Waals surface area contributed by atoms with Gasteiger partial charge in [-0.2, -0.15) is 0 Å². The number of aromatic nitrogens is 2. The van der Waals surface area contributed by atoms with Crippen molar-refractivity contribution in [3.63, 3.8) is 0 Å². The van der Waals surface area contributed by atoms with E-state index < -0.39 is 17.7 Å². The lowest BCUT2D eigenvalue weighted by Gasteiger charge is -2.22. The molecule has 0 bridgehead atoms. The summed E-state index contributed by atoms with van der Waals surface area (Å²) < 4.78 is 10.7. The molecule has 0 spiro atoms. The van der Waals surface area contributed by atoms with Gasteiger partial charge in [-0.05, 0) is 51.0 Å². The molecule has 2 N–H and O–H groups in total. The molecule has 0 aliphatic carbocycles. The molecule has 0 saturated heterocycles. The fourth-order valence-corrected chi connectivity index (χ4v) is 2.06. The van der Waals surface area contributed by atoms with Crippen LogP contribution in [-0.2, 0) is 11.2 Å². The standard InChI is InChI=1S/C18H23N3O4/c1-18(2,3)25-17(23)21-14(12-22)11-13-5-7-15(8-6-13)24-16-19-9-4-10-20-16/h4-10,14,22H,11-12H2,1-3H3,(H,21,23)/t14-/m0/s1. The van der Waals surface area contributed by atoms with E-state index in [0.717, 1.165) is 5.56 Å². The van der Waals surface area contributed by atoms with Crippen LogP contribution < -0.4 is 10.1 Å². The number of aliphatic hydroxyl groups is 1. The summed E-state index contributed by atoms with van der Waals surface area (Å²) in [5.41, 5.74) is 0.360. The Morgan fingerprint density at radius 3 is 2.40 bits per heavy atom. The topological polar surface area (TPSA) is 93.6 Å². The quantitative estimate of drug-likeness (QED) is 0.836. The first kappa shape index (κ1) is 18.7. The molecule has 2 rings (SSSR count). The van der Waals surface area contributed by atoms with E-state index in [2.05, 4.69) is 15.3 Å². The van der Waals surface area contributed by atoms with Crippen molar-refractivity contribution in [3.8, 4) is 11.8 Å². The number of nitrogens with zero attached hydrogens (tertiary/aromatic N) is 2. The molecule has 0 radical (unpaired) electrons. The van der Waals surface area contributed by atoms with Gasteiger partial charge < -0.3 is 19.9 Å². The fraction of sp³-hybridized carbons (Fsp3) is 0.389.